The number of ether oxygens (including phenoxy) is 1. The van der Waals surface area contributed by atoms with Gasteiger partial charge >= 0.3 is 0 Å². The average molecular weight is 206 g/mol. The quantitative estimate of drug-likeness (QED) is 0.450. The predicted octanol–water partition coefficient (Wildman–Crippen LogP) is 0.299. The SMILES string of the molecule is OCCCCCCCOCC(O)CO. The second-order valence-corrected chi connectivity index (χ2v) is 3.40. The molecule has 0 fully saturated rings. The summed E-state index contributed by atoms with van der Waals surface area (Å²) in [7, 11) is 0. The molecule has 0 aliphatic rings. The van der Waals surface area contributed by atoms with Crippen LogP contribution in [0.2, 0.25) is 0 Å². The van der Waals surface area contributed by atoms with Crippen LogP contribution in [0.3, 0.4) is 0 Å². The molecule has 0 radical (unpaired) electrons. The van der Waals surface area contributed by atoms with Crippen molar-refractivity contribution >= 4 is 0 Å². The van der Waals surface area contributed by atoms with Gasteiger partial charge in [-0.2, -0.15) is 0 Å². The highest BCUT2D eigenvalue weighted by Gasteiger charge is 2.00. The summed E-state index contributed by atoms with van der Waals surface area (Å²) in [5.41, 5.74) is 0. The van der Waals surface area contributed by atoms with Crippen LogP contribution in [0.5, 0.6) is 0 Å². The van der Waals surface area contributed by atoms with E-state index < -0.39 is 6.10 Å². The molecule has 0 aliphatic carbocycles. The minimum Gasteiger partial charge on any atom is -0.396 e. The Labute approximate surface area is 85.5 Å². The molecule has 0 aromatic carbocycles. The normalized spacial score (nSPS) is 13.1. The summed E-state index contributed by atoms with van der Waals surface area (Å²) in [6, 6.07) is 0. The minimum absolute atomic E-state index is 0.215. The van der Waals surface area contributed by atoms with Gasteiger partial charge in [-0.25, -0.2) is 0 Å². The molecule has 0 aromatic rings. The molecule has 0 rings (SSSR count). The summed E-state index contributed by atoms with van der Waals surface area (Å²) in [6.45, 7) is 0.888. The molecule has 0 saturated heterocycles. The minimum atomic E-state index is -0.746. The lowest BCUT2D eigenvalue weighted by Crippen LogP contribution is -2.19. The zero-order valence-electron chi connectivity index (χ0n) is 8.69. The summed E-state index contributed by atoms with van der Waals surface area (Å²) < 4.78 is 5.13. The summed E-state index contributed by atoms with van der Waals surface area (Å²) >= 11 is 0. The molecule has 14 heavy (non-hydrogen) atoms. The molecule has 1 unspecified atom stereocenters. The molecule has 4 nitrogen and oxygen atoms in total. The highest BCUT2D eigenvalue weighted by atomic mass is 16.5. The average Bonchev–Trinajstić information content (AvgIpc) is 2.21. The molecule has 0 spiro atoms. The number of aliphatic hydroxyl groups is 3. The third-order valence-corrected chi connectivity index (χ3v) is 1.97. The van der Waals surface area contributed by atoms with Crippen molar-refractivity contribution in [3.8, 4) is 0 Å². The Balaban J connectivity index is 2.92. The maximum Gasteiger partial charge on any atom is 0.100 e. The van der Waals surface area contributed by atoms with E-state index in [0.29, 0.717) is 6.61 Å². The number of aliphatic hydroxyl groups excluding tert-OH is 3. The van der Waals surface area contributed by atoms with E-state index in [-0.39, 0.29) is 19.8 Å². The molecule has 0 aromatic heterocycles. The topological polar surface area (TPSA) is 69.9 Å². The molecular formula is C10H22O4. The van der Waals surface area contributed by atoms with Crippen molar-refractivity contribution in [1.29, 1.82) is 0 Å². The maximum absolute atomic E-state index is 8.93. The van der Waals surface area contributed by atoms with Gasteiger partial charge in [0.2, 0.25) is 0 Å². The van der Waals surface area contributed by atoms with Crippen LogP contribution in [0.15, 0.2) is 0 Å². The fourth-order valence-electron chi connectivity index (χ4n) is 1.12. The number of unbranched alkanes of at least 4 members (excludes halogenated alkanes) is 4. The van der Waals surface area contributed by atoms with Crippen LogP contribution >= 0.6 is 0 Å². The largest absolute Gasteiger partial charge is 0.396 e. The molecule has 86 valence electrons. The van der Waals surface area contributed by atoms with E-state index in [1.165, 1.54) is 0 Å². The predicted molar refractivity (Wildman–Crippen MR) is 54.1 cm³/mol. The standard InChI is InChI=1S/C10H22O4/c11-6-4-2-1-3-5-7-14-9-10(13)8-12/h10-13H,1-9H2. The Morgan fingerprint density at radius 2 is 1.57 bits per heavy atom. The molecule has 3 N–H and O–H groups in total. The van der Waals surface area contributed by atoms with Gasteiger partial charge in [-0.05, 0) is 12.8 Å². The van der Waals surface area contributed by atoms with Crippen LogP contribution in [0.4, 0.5) is 0 Å². The van der Waals surface area contributed by atoms with Crippen LogP contribution in [0.25, 0.3) is 0 Å². The first-order valence-electron chi connectivity index (χ1n) is 5.28. The van der Waals surface area contributed by atoms with Crippen molar-refractivity contribution in [2.75, 3.05) is 26.4 Å². The first kappa shape index (κ1) is 13.8. The Bertz CT molecular complexity index is 108. The lowest BCUT2D eigenvalue weighted by molar-refractivity contribution is 0.00525. The lowest BCUT2D eigenvalue weighted by Gasteiger charge is -2.07. The summed E-state index contributed by atoms with van der Waals surface area (Å²) in [5.74, 6) is 0. The molecular weight excluding hydrogens is 184 g/mol. The van der Waals surface area contributed by atoms with Gasteiger partial charge in [0.25, 0.3) is 0 Å². The van der Waals surface area contributed by atoms with Crippen molar-refractivity contribution in [2.24, 2.45) is 0 Å². The zero-order valence-corrected chi connectivity index (χ0v) is 8.69. The van der Waals surface area contributed by atoms with E-state index in [1.54, 1.807) is 0 Å². The van der Waals surface area contributed by atoms with Gasteiger partial charge in [0.05, 0.1) is 13.2 Å². The van der Waals surface area contributed by atoms with Gasteiger partial charge in [-0.3, -0.25) is 0 Å². The van der Waals surface area contributed by atoms with Gasteiger partial charge < -0.3 is 20.1 Å². The fourth-order valence-corrected chi connectivity index (χ4v) is 1.12. The summed E-state index contributed by atoms with van der Waals surface area (Å²) in [4.78, 5) is 0. The molecule has 0 heterocycles. The third kappa shape index (κ3) is 9.92. The van der Waals surface area contributed by atoms with Crippen LogP contribution in [-0.2, 0) is 4.74 Å². The highest BCUT2D eigenvalue weighted by Crippen LogP contribution is 2.02. The lowest BCUT2D eigenvalue weighted by atomic mass is 10.1. The van der Waals surface area contributed by atoms with Crippen molar-refractivity contribution in [1.82, 2.24) is 0 Å². The monoisotopic (exact) mass is 206 g/mol. The highest BCUT2D eigenvalue weighted by molar-refractivity contribution is 4.49. The van der Waals surface area contributed by atoms with Gasteiger partial charge in [-0.15, -0.1) is 0 Å². The Morgan fingerprint density at radius 3 is 2.21 bits per heavy atom. The Morgan fingerprint density at radius 1 is 0.929 bits per heavy atom. The van der Waals surface area contributed by atoms with Crippen molar-refractivity contribution in [3.63, 3.8) is 0 Å². The fraction of sp³-hybridized carbons (Fsp3) is 1.00. The van der Waals surface area contributed by atoms with Crippen LogP contribution in [0, 0.1) is 0 Å². The van der Waals surface area contributed by atoms with Crippen LogP contribution in [-0.4, -0.2) is 47.9 Å². The Kier molecular flexibility index (Phi) is 10.8. The third-order valence-electron chi connectivity index (χ3n) is 1.97. The van der Waals surface area contributed by atoms with E-state index in [0.717, 1.165) is 32.1 Å². The van der Waals surface area contributed by atoms with E-state index >= 15 is 0 Å². The van der Waals surface area contributed by atoms with Gasteiger partial charge in [0, 0.05) is 13.2 Å². The van der Waals surface area contributed by atoms with E-state index in [1.807, 2.05) is 0 Å². The number of hydrogen-bond acceptors (Lipinski definition) is 4. The number of rotatable bonds is 10. The molecule has 0 bridgehead atoms. The van der Waals surface area contributed by atoms with Gasteiger partial charge in [0.15, 0.2) is 0 Å². The summed E-state index contributed by atoms with van der Waals surface area (Å²) in [5, 5.41) is 25.9. The van der Waals surface area contributed by atoms with Crippen LogP contribution in [0.1, 0.15) is 32.1 Å². The maximum atomic E-state index is 8.93. The van der Waals surface area contributed by atoms with E-state index in [2.05, 4.69) is 0 Å². The second-order valence-electron chi connectivity index (χ2n) is 3.40. The van der Waals surface area contributed by atoms with E-state index in [9.17, 15) is 0 Å². The van der Waals surface area contributed by atoms with Crippen molar-refractivity contribution in [2.45, 2.75) is 38.2 Å². The van der Waals surface area contributed by atoms with Crippen molar-refractivity contribution < 1.29 is 20.1 Å². The molecule has 0 amide bonds. The molecule has 1 atom stereocenters. The van der Waals surface area contributed by atoms with Crippen LogP contribution < -0.4 is 0 Å². The first-order valence-corrected chi connectivity index (χ1v) is 5.28. The molecule has 0 aliphatic heterocycles. The van der Waals surface area contributed by atoms with Gasteiger partial charge in [0.1, 0.15) is 6.10 Å². The summed E-state index contributed by atoms with van der Waals surface area (Å²) in [6.07, 6.45) is 4.38. The Hall–Kier alpha value is -0.160. The van der Waals surface area contributed by atoms with Gasteiger partial charge in [-0.1, -0.05) is 19.3 Å². The zero-order chi connectivity index (χ0) is 10.6. The van der Waals surface area contributed by atoms with E-state index in [4.69, 9.17) is 20.1 Å². The molecule has 4 heteroatoms. The second kappa shape index (κ2) is 10.9. The molecule has 0 saturated carbocycles. The first-order chi connectivity index (χ1) is 6.81. The number of hydrogen-bond donors (Lipinski definition) is 3. The van der Waals surface area contributed by atoms with Crippen molar-refractivity contribution in [3.05, 3.63) is 0 Å². The smallest absolute Gasteiger partial charge is 0.100 e.